The lowest BCUT2D eigenvalue weighted by atomic mass is 9.92. The van der Waals surface area contributed by atoms with E-state index in [1.165, 1.54) is 28.8 Å². The summed E-state index contributed by atoms with van der Waals surface area (Å²) < 4.78 is 38.9. The molecule has 11 heteroatoms. The Labute approximate surface area is 181 Å². The third-order valence-corrected chi connectivity index (χ3v) is 5.78. The van der Waals surface area contributed by atoms with Gasteiger partial charge in [0.15, 0.2) is 11.4 Å². The quantitative estimate of drug-likeness (QED) is 0.704. The van der Waals surface area contributed by atoms with Crippen LogP contribution in [0.5, 0.6) is 5.75 Å². The summed E-state index contributed by atoms with van der Waals surface area (Å²) in [5, 5.41) is 12.9. The summed E-state index contributed by atoms with van der Waals surface area (Å²) in [6.07, 6.45) is 1.72. The minimum absolute atomic E-state index is 0.0227. The first kappa shape index (κ1) is 21.9. The van der Waals surface area contributed by atoms with E-state index in [4.69, 9.17) is 9.47 Å². The molecule has 1 aromatic carbocycles. The summed E-state index contributed by atoms with van der Waals surface area (Å²) in [6.45, 7) is 0.482. The van der Waals surface area contributed by atoms with Crippen LogP contribution < -0.4 is 10.7 Å². The Morgan fingerprint density at radius 3 is 2.78 bits per heavy atom. The molecule has 0 radical (unpaired) electrons. The molecule has 2 aromatic rings. The Morgan fingerprint density at radius 1 is 1.34 bits per heavy atom. The molecule has 1 aromatic heterocycles. The lowest BCUT2D eigenvalue weighted by molar-refractivity contribution is -0.0258. The van der Waals surface area contributed by atoms with Crippen molar-refractivity contribution in [3.05, 3.63) is 63.1 Å². The van der Waals surface area contributed by atoms with Crippen LogP contribution in [0.25, 0.3) is 0 Å². The van der Waals surface area contributed by atoms with E-state index < -0.39 is 45.7 Å². The molecule has 2 aliphatic heterocycles. The number of nitrogens with zero attached hydrogens (tertiary/aromatic N) is 2. The van der Waals surface area contributed by atoms with Gasteiger partial charge in [-0.1, -0.05) is 6.07 Å². The summed E-state index contributed by atoms with van der Waals surface area (Å²) in [7, 11) is 1.43. The van der Waals surface area contributed by atoms with E-state index in [0.717, 1.165) is 6.07 Å². The Hall–Kier alpha value is -3.31. The van der Waals surface area contributed by atoms with Gasteiger partial charge in [0.25, 0.3) is 11.8 Å². The summed E-state index contributed by atoms with van der Waals surface area (Å²) in [5.41, 5.74) is -2.40. The van der Waals surface area contributed by atoms with Crippen LogP contribution in [0.3, 0.4) is 0 Å². The molecular weight excluding hydrogens is 428 g/mol. The second-order valence-electron chi connectivity index (χ2n) is 7.79. The standard InChI is InChI=1S/C21H21F2N3O6/c1-31-11-26-20(30)16-18(28)17(27)14(8-25(16)9-21(26)4-5-32-10-21)19(29)24-7-12-2-3-13(22)6-15(12)23/h2-3,6,8,28H,4-5,7,9-11H2,1H3,(H,24,29). The first-order chi connectivity index (χ1) is 15.3. The molecule has 3 heterocycles. The smallest absolute Gasteiger partial charge is 0.276 e. The molecule has 1 unspecified atom stereocenters. The lowest BCUT2D eigenvalue weighted by Crippen LogP contribution is -2.60. The van der Waals surface area contributed by atoms with Crippen molar-refractivity contribution in [1.29, 1.82) is 0 Å². The van der Waals surface area contributed by atoms with Gasteiger partial charge >= 0.3 is 0 Å². The minimum Gasteiger partial charge on any atom is -0.503 e. The van der Waals surface area contributed by atoms with Gasteiger partial charge in [0, 0.05) is 44.6 Å². The van der Waals surface area contributed by atoms with Gasteiger partial charge in [-0.2, -0.15) is 0 Å². The number of carbonyl (C=O) groups excluding carboxylic acids is 2. The number of nitrogens with one attached hydrogen (secondary N) is 1. The van der Waals surface area contributed by atoms with E-state index in [2.05, 4.69) is 5.32 Å². The molecule has 2 N–H and O–H groups in total. The molecule has 2 aliphatic rings. The van der Waals surface area contributed by atoms with Crippen LogP contribution in [-0.4, -0.2) is 59.0 Å². The third kappa shape index (κ3) is 3.63. The molecule has 1 saturated heterocycles. The normalized spacial score (nSPS) is 20.0. The topological polar surface area (TPSA) is 110 Å². The Balaban J connectivity index is 1.66. The van der Waals surface area contributed by atoms with E-state index in [0.29, 0.717) is 19.1 Å². The number of halogens is 2. The molecule has 0 aliphatic carbocycles. The highest BCUT2D eigenvalue weighted by atomic mass is 19.1. The fourth-order valence-electron chi connectivity index (χ4n) is 4.10. The van der Waals surface area contributed by atoms with Crippen molar-refractivity contribution in [2.75, 3.05) is 27.1 Å². The molecule has 1 fully saturated rings. The Bertz CT molecular complexity index is 1140. The number of hydrogen-bond donors (Lipinski definition) is 2. The van der Waals surface area contributed by atoms with E-state index in [1.54, 1.807) is 0 Å². The predicted molar refractivity (Wildman–Crippen MR) is 106 cm³/mol. The molecule has 2 amide bonds. The van der Waals surface area contributed by atoms with Gasteiger partial charge in [0.2, 0.25) is 5.43 Å². The van der Waals surface area contributed by atoms with Crippen LogP contribution in [0.1, 0.15) is 32.8 Å². The van der Waals surface area contributed by atoms with Gasteiger partial charge in [0.05, 0.1) is 12.1 Å². The molecule has 32 heavy (non-hydrogen) atoms. The van der Waals surface area contributed by atoms with Gasteiger partial charge in [-0.25, -0.2) is 8.78 Å². The van der Waals surface area contributed by atoms with Gasteiger partial charge in [-0.15, -0.1) is 0 Å². The van der Waals surface area contributed by atoms with Crippen LogP contribution in [-0.2, 0) is 22.6 Å². The fourth-order valence-corrected chi connectivity index (χ4v) is 4.10. The zero-order valence-electron chi connectivity index (χ0n) is 17.2. The number of aromatic hydroxyl groups is 1. The third-order valence-electron chi connectivity index (χ3n) is 5.78. The molecule has 0 saturated carbocycles. The number of benzene rings is 1. The predicted octanol–water partition coefficient (Wildman–Crippen LogP) is 0.981. The Morgan fingerprint density at radius 2 is 2.12 bits per heavy atom. The summed E-state index contributed by atoms with van der Waals surface area (Å²) in [6, 6.07) is 2.90. The molecule has 4 rings (SSSR count). The maximum atomic E-state index is 13.8. The number of hydrogen-bond acceptors (Lipinski definition) is 6. The molecule has 170 valence electrons. The molecule has 1 spiro atoms. The van der Waals surface area contributed by atoms with Crippen molar-refractivity contribution < 1.29 is 33.0 Å². The molecule has 1 atom stereocenters. The number of pyridine rings is 1. The zero-order chi connectivity index (χ0) is 23.0. The number of fused-ring (bicyclic) bond motifs is 1. The van der Waals surface area contributed by atoms with Gasteiger partial charge < -0.3 is 29.4 Å². The van der Waals surface area contributed by atoms with Crippen molar-refractivity contribution in [3.63, 3.8) is 0 Å². The highest BCUT2D eigenvalue weighted by Gasteiger charge is 2.49. The van der Waals surface area contributed by atoms with E-state index in [1.807, 2.05) is 0 Å². The number of ether oxygens (including phenoxy) is 2. The highest BCUT2D eigenvalue weighted by molar-refractivity contribution is 5.99. The van der Waals surface area contributed by atoms with Crippen LogP contribution in [0, 0.1) is 11.6 Å². The van der Waals surface area contributed by atoms with Gasteiger partial charge in [-0.05, 0) is 12.5 Å². The zero-order valence-corrected chi connectivity index (χ0v) is 17.2. The van der Waals surface area contributed by atoms with E-state index in [9.17, 15) is 28.3 Å². The largest absolute Gasteiger partial charge is 0.503 e. The van der Waals surface area contributed by atoms with E-state index in [-0.39, 0.29) is 37.7 Å². The number of carbonyl (C=O) groups is 2. The maximum Gasteiger partial charge on any atom is 0.276 e. The highest BCUT2D eigenvalue weighted by Crippen LogP contribution is 2.35. The monoisotopic (exact) mass is 449 g/mol. The van der Waals surface area contributed by atoms with Crippen LogP contribution >= 0.6 is 0 Å². The first-order valence-electron chi connectivity index (χ1n) is 9.84. The summed E-state index contributed by atoms with van der Waals surface area (Å²) in [5.74, 6) is -3.94. The van der Waals surface area contributed by atoms with Crippen molar-refractivity contribution in [3.8, 4) is 5.75 Å². The molecule has 0 bridgehead atoms. The maximum absolute atomic E-state index is 13.8. The van der Waals surface area contributed by atoms with Crippen LogP contribution in [0.2, 0.25) is 0 Å². The molecular formula is C21H21F2N3O6. The average Bonchev–Trinajstić information content (AvgIpc) is 3.21. The second-order valence-corrected chi connectivity index (χ2v) is 7.79. The lowest BCUT2D eigenvalue weighted by Gasteiger charge is -2.44. The second kappa shape index (κ2) is 8.32. The number of rotatable bonds is 5. The van der Waals surface area contributed by atoms with Gasteiger partial charge in [0.1, 0.15) is 23.9 Å². The fraction of sp³-hybridized carbons (Fsp3) is 0.381. The van der Waals surface area contributed by atoms with Crippen LogP contribution in [0.15, 0.2) is 29.2 Å². The minimum atomic E-state index is -1.03. The summed E-state index contributed by atoms with van der Waals surface area (Å²) >= 11 is 0. The van der Waals surface area contributed by atoms with Crippen molar-refractivity contribution in [2.45, 2.75) is 25.0 Å². The first-order valence-corrected chi connectivity index (χ1v) is 9.84. The SMILES string of the molecule is COCN1C(=O)c2c(O)c(=O)c(C(=O)NCc3ccc(F)cc3F)cn2CC12CCOC2. The van der Waals surface area contributed by atoms with Gasteiger partial charge in [-0.3, -0.25) is 14.4 Å². The van der Waals surface area contributed by atoms with Crippen molar-refractivity contribution in [1.82, 2.24) is 14.8 Å². The average molecular weight is 449 g/mol. The van der Waals surface area contributed by atoms with Crippen LogP contribution in [0.4, 0.5) is 8.78 Å². The Kier molecular flexibility index (Phi) is 5.70. The van der Waals surface area contributed by atoms with E-state index >= 15 is 0 Å². The number of amides is 2. The van der Waals surface area contributed by atoms with Crippen molar-refractivity contribution >= 4 is 11.8 Å². The number of methoxy groups -OCH3 is 1. The molecule has 9 nitrogen and oxygen atoms in total. The van der Waals surface area contributed by atoms with Crippen molar-refractivity contribution in [2.24, 2.45) is 0 Å². The number of aromatic nitrogens is 1. The summed E-state index contributed by atoms with van der Waals surface area (Å²) in [4.78, 5) is 39.8.